The monoisotopic (exact) mass is 308 g/mol. The van der Waals surface area contributed by atoms with Crippen LogP contribution in [-0.2, 0) is 4.79 Å². The first-order chi connectivity index (χ1) is 8.42. The van der Waals surface area contributed by atoms with Gasteiger partial charge in [-0.1, -0.05) is 34.8 Å². The van der Waals surface area contributed by atoms with Crippen LogP contribution in [0.4, 0.5) is 0 Å². The van der Waals surface area contributed by atoms with E-state index in [1.54, 1.807) is 0 Å². The lowest BCUT2D eigenvalue weighted by Gasteiger charge is -2.41. The van der Waals surface area contributed by atoms with E-state index in [9.17, 15) is 4.79 Å². The van der Waals surface area contributed by atoms with Gasteiger partial charge in [-0.2, -0.15) is 0 Å². The highest BCUT2D eigenvalue weighted by Crippen LogP contribution is 2.43. The van der Waals surface area contributed by atoms with E-state index in [1.807, 2.05) is 0 Å². The quantitative estimate of drug-likeness (QED) is 0.837. The average Bonchev–Trinajstić information content (AvgIpc) is 2.22. The number of benzene rings is 1. The van der Waals surface area contributed by atoms with Gasteiger partial charge in [0.05, 0.1) is 21.5 Å². The molecule has 1 aliphatic rings. The summed E-state index contributed by atoms with van der Waals surface area (Å²) in [7, 11) is 0. The summed E-state index contributed by atoms with van der Waals surface area (Å²) in [6.07, 6.45) is 2.32. The van der Waals surface area contributed by atoms with Crippen molar-refractivity contribution < 1.29 is 14.6 Å². The number of ether oxygens (including phenoxy) is 1. The Bertz CT molecular complexity index is 484. The maximum atomic E-state index is 10.8. The number of carboxylic acids is 1. The van der Waals surface area contributed by atoms with Gasteiger partial charge in [0.1, 0.15) is 11.4 Å². The maximum absolute atomic E-state index is 10.8. The van der Waals surface area contributed by atoms with Crippen LogP contribution >= 0.6 is 34.8 Å². The molecule has 1 fully saturated rings. The van der Waals surface area contributed by atoms with Crippen molar-refractivity contribution in [3.63, 3.8) is 0 Å². The van der Waals surface area contributed by atoms with Crippen LogP contribution in [-0.4, -0.2) is 16.7 Å². The van der Waals surface area contributed by atoms with Gasteiger partial charge < -0.3 is 9.84 Å². The average molecular weight is 310 g/mol. The molecular weight excluding hydrogens is 298 g/mol. The van der Waals surface area contributed by atoms with E-state index in [1.165, 1.54) is 12.1 Å². The molecule has 3 nitrogen and oxygen atoms in total. The Morgan fingerprint density at radius 3 is 2.33 bits per heavy atom. The van der Waals surface area contributed by atoms with Gasteiger partial charge in [0.2, 0.25) is 0 Å². The molecule has 0 amide bonds. The molecule has 0 radical (unpaired) electrons. The summed E-state index contributed by atoms with van der Waals surface area (Å²) in [6.45, 7) is 0. The molecule has 6 heteroatoms. The SMILES string of the molecule is O=C(O)CC1(Oc2cc(Cl)c(Cl)cc2Cl)CCC1. The summed E-state index contributed by atoms with van der Waals surface area (Å²) < 4.78 is 5.76. The van der Waals surface area contributed by atoms with E-state index in [0.29, 0.717) is 33.7 Å². The Balaban J connectivity index is 2.22. The highest BCUT2D eigenvalue weighted by Gasteiger charge is 2.42. The van der Waals surface area contributed by atoms with E-state index in [0.717, 1.165) is 6.42 Å². The fourth-order valence-corrected chi connectivity index (χ4v) is 2.55. The molecule has 1 aromatic rings. The van der Waals surface area contributed by atoms with Crippen LogP contribution in [0.1, 0.15) is 25.7 Å². The Kier molecular flexibility index (Phi) is 3.95. The summed E-state index contributed by atoms with van der Waals surface area (Å²) in [4.78, 5) is 10.8. The van der Waals surface area contributed by atoms with E-state index in [-0.39, 0.29) is 6.42 Å². The van der Waals surface area contributed by atoms with Crippen molar-refractivity contribution in [2.24, 2.45) is 0 Å². The molecule has 18 heavy (non-hydrogen) atoms. The first-order valence-corrected chi connectivity index (χ1v) is 6.61. The second-order valence-corrected chi connectivity index (χ2v) is 5.63. The third-order valence-electron chi connectivity index (χ3n) is 3.04. The van der Waals surface area contributed by atoms with Gasteiger partial charge in [-0.05, 0) is 25.3 Å². The van der Waals surface area contributed by atoms with Crippen LogP contribution in [0.3, 0.4) is 0 Å². The molecule has 0 heterocycles. The number of carboxylic acid groups (broad SMARTS) is 1. The molecule has 1 saturated carbocycles. The van der Waals surface area contributed by atoms with Gasteiger partial charge in [0, 0.05) is 6.07 Å². The minimum absolute atomic E-state index is 0.0381. The molecule has 0 atom stereocenters. The van der Waals surface area contributed by atoms with Crippen LogP contribution in [0, 0.1) is 0 Å². The second-order valence-electron chi connectivity index (χ2n) is 4.41. The van der Waals surface area contributed by atoms with Crippen molar-refractivity contribution in [1.82, 2.24) is 0 Å². The van der Waals surface area contributed by atoms with Crippen LogP contribution in [0.2, 0.25) is 15.1 Å². The predicted octanol–water partition coefficient (Wildman–Crippen LogP) is 4.42. The van der Waals surface area contributed by atoms with E-state index in [4.69, 9.17) is 44.6 Å². The van der Waals surface area contributed by atoms with Gasteiger partial charge in [-0.3, -0.25) is 4.79 Å². The zero-order valence-corrected chi connectivity index (χ0v) is 11.6. The topological polar surface area (TPSA) is 46.5 Å². The number of hydrogen-bond donors (Lipinski definition) is 1. The molecule has 1 N–H and O–H groups in total. The Labute approximate surface area is 120 Å². The molecule has 2 rings (SSSR count). The molecule has 0 spiro atoms. The normalized spacial score (nSPS) is 17.1. The van der Waals surface area contributed by atoms with Crippen LogP contribution in [0.15, 0.2) is 12.1 Å². The molecule has 1 aromatic carbocycles. The summed E-state index contributed by atoms with van der Waals surface area (Å²) in [5.74, 6) is -0.502. The molecule has 0 unspecified atom stereocenters. The highest BCUT2D eigenvalue weighted by atomic mass is 35.5. The van der Waals surface area contributed by atoms with E-state index in [2.05, 4.69) is 0 Å². The lowest BCUT2D eigenvalue weighted by atomic mass is 9.77. The Morgan fingerprint density at radius 1 is 1.22 bits per heavy atom. The molecular formula is C12H11Cl3O3. The molecule has 0 aliphatic heterocycles. The molecule has 0 bridgehead atoms. The summed E-state index contributed by atoms with van der Waals surface area (Å²) in [5, 5.41) is 9.91. The number of carbonyl (C=O) groups is 1. The van der Waals surface area contributed by atoms with Gasteiger partial charge in [0.15, 0.2) is 0 Å². The van der Waals surface area contributed by atoms with Gasteiger partial charge in [-0.25, -0.2) is 0 Å². The highest BCUT2D eigenvalue weighted by molar-refractivity contribution is 6.43. The van der Waals surface area contributed by atoms with E-state index >= 15 is 0 Å². The third kappa shape index (κ3) is 2.85. The van der Waals surface area contributed by atoms with Crippen molar-refractivity contribution in [1.29, 1.82) is 0 Å². The van der Waals surface area contributed by atoms with Crippen molar-refractivity contribution >= 4 is 40.8 Å². The second kappa shape index (κ2) is 5.16. The van der Waals surface area contributed by atoms with Gasteiger partial charge in [0.25, 0.3) is 0 Å². The number of aliphatic carboxylic acids is 1. The summed E-state index contributed by atoms with van der Waals surface area (Å²) in [5.41, 5.74) is -0.660. The minimum atomic E-state index is -0.883. The molecule has 0 saturated heterocycles. The fourth-order valence-electron chi connectivity index (χ4n) is 1.98. The number of hydrogen-bond acceptors (Lipinski definition) is 2. The zero-order valence-electron chi connectivity index (χ0n) is 9.38. The zero-order chi connectivity index (χ0) is 13.3. The smallest absolute Gasteiger partial charge is 0.307 e. The Hall–Kier alpha value is -0.640. The maximum Gasteiger partial charge on any atom is 0.307 e. The van der Waals surface area contributed by atoms with Crippen molar-refractivity contribution in [2.45, 2.75) is 31.3 Å². The third-order valence-corrected chi connectivity index (χ3v) is 4.06. The van der Waals surface area contributed by atoms with Crippen LogP contribution < -0.4 is 4.74 Å². The lowest BCUT2D eigenvalue weighted by molar-refractivity contribution is -0.144. The van der Waals surface area contributed by atoms with Crippen molar-refractivity contribution in [3.05, 3.63) is 27.2 Å². The summed E-state index contributed by atoms with van der Waals surface area (Å²) in [6, 6.07) is 3.02. The minimum Gasteiger partial charge on any atom is -0.485 e. The van der Waals surface area contributed by atoms with Crippen LogP contribution in [0.25, 0.3) is 0 Å². The number of rotatable bonds is 4. The predicted molar refractivity (Wildman–Crippen MR) is 70.9 cm³/mol. The van der Waals surface area contributed by atoms with Gasteiger partial charge >= 0.3 is 5.97 Å². The first kappa shape index (κ1) is 13.8. The molecule has 98 valence electrons. The lowest BCUT2D eigenvalue weighted by Crippen LogP contribution is -2.45. The van der Waals surface area contributed by atoms with Crippen LogP contribution in [0.5, 0.6) is 5.75 Å². The molecule has 1 aliphatic carbocycles. The van der Waals surface area contributed by atoms with E-state index < -0.39 is 11.6 Å². The van der Waals surface area contributed by atoms with Gasteiger partial charge in [-0.15, -0.1) is 0 Å². The number of halogens is 3. The Morgan fingerprint density at radius 2 is 1.83 bits per heavy atom. The largest absolute Gasteiger partial charge is 0.485 e. The molecule has 0 aromatic heterocycles. The summed E-state index contributed by atoms with van der Waals surface area (Å²) >= 11 is 17.7. The van der Waals surface area contributed by atoms with Crippen molar-refractivity contribution in [2.75, 3.05) is 0 Å². The fraction of sp³-hybridized carbons (Fsp3) is 0.417. The van der Waals surface area contributed by atoms with Crippen molar-refractivity contribution in [3.8, 4) is 5.75 Å². The standard InChI is InChI=1S/C12H11Cl3O3/c13-7-4-9(15)10(5-8(7)14)18-12(2-1-3-12)6-11(16)17/h4-5H,1-3,6H2,(H,16,17). The first-order valence-electron chi connectivity index (χ1n) is 5.47.